The first-order valence-electron chi connectivity index (χ1n) is 9.12. The van der Waals surface area contributed by atoms with E-state index < -0.39 is 17.6 Å². The molecule has 1 N–H and O–H groups in total. The standard InChI is InChI=1S/C20H21F3N4O2/c1-5-29-17-7-6-14(20(21,22)23)9-16(17)26-19(28)15-8-13-10-24-27(11(2)3)18(13)25-12(15)4/h6-11H,5H2,1-4H3,(H,26,28). The summed E-state index contributed by atoms with van der Waals surface area (Å²) in [6.07, 6.45) is -2.93. The minimum absolute atomic E-state index is 0.0518. The van der Waals surface area contributed by atoms with Crippen molar-refractivity contribution in [2.45, 2.75) is 39.9 Å². The third-order valence-electron chi connectivity index (χ3n) is 4.35. The van der Waals surface area contributed by atoms with Crippen molar-refractivity contribution in [2.24, 2.45) is 0 Å². The number of benzene rings is 1. The van der Waals surface area contributed by atoms with E-state index in [0.717, 1.165) is 12.1 Å². The number of aryl methyl sites for hydroxylation is 1. The number of hydrogen-bond donors (Lipinski definition) is 1. The number of halogens is 3. The molecule has 0 saturated heterocycles. The van der Waals surface area contributed by atoms with Crippen LogP contribution in [-0.4, -0.2) is 27.3 Å². The lowest BCUT2D eigenvalue weighted by atomic mass is 10.1. The van der Waals surface area contributed by atoms with Crippen molar-refractivity contribution < 1.29 is 22.7 Å². The smallest absolute Gasteiger partial charge is 0.416 e. The third-order valence-corrected chi connectivity index (χ3v) is 4.35. The van der Waals surface area contributed by atoms with Gasteiger partial charge in [0, 0.05) is 11.4 Å². The second-order valence-electron chi connectivity index (χ2n) is 6.81. The van der Waals surface area contributed by atoms with Gasteiger partial charge in [0.25, 0.3) is 5.91 Å². The zero-order chi connectivity index (χ0) is 21.3. The molecule has 154 valence electrons. The number of carbonyl (C=O) groups excluding carboxylic acids is 1. The van der Waals surface area contributed by atoms with Crippen molar-refractivity contribution >= 4 is 22.6 Å². The van der Waals surface area contributed by atoms with Gasteiger partial charge in [0.15, 0.2) is 5.65 Å². The van der Waals surface area contributed by atoms with Crippen LogP contribution in [-0.2, 0) is 6.18 Å². The Morgan fingerprint density at radius 2 is 2.00 bits per heavy atom. The fourth-order valence-electron chi connectivity index (χ4n) is 2.95. The summed E-state index contributed by atoms with van der Waals surface area (Å²) in [7, 11) is 0. The van der Waals surface area contributed by atoms with Crippen molar-refractivity contribution in [2.75, 3.05) is 11.9 Å². The third kappa shape index (κ3) is 4.18. The highest BCUT2D eigenvalue weighted by atomic mass is 19.4. The Labute approximate surface area is 165 Å². The van der Waals surface area contributed by atoms with Crippen LogP contribution < -0.4 is 10.1 Å². The van der Waals surface area contributed by atoms with E-state index >= 15 is 0 Å². The van der Waals surface area contributed by atoms with E-state index in [9.17, 15) is 18.0 Å². The number of carbonyl (C=O) groups is 1. The first-order valence-corrected chi connectivity index (χ1v) is 9.12. The molecule has 0 unspecified atom stereocenters. The van der Waals surface area contributed by atoms with E-state index in [-0.39, 0.29) is 29.6 Å². The normalized spacial score (nSPS) is 11.9. The molecule has 0 saturated carbocycles. The van der Waals surface area contributed by atoms with Crippen LogP contribution in [0.1, 0.15) is 48.4 Å². The fraction of sp³-hybridized carbons (Fsp3) is 0.350. The molecule has 2 heterocycles. The first-order chi connectivity index (χ1) is 13.6. The van der Waals surface area contributed by atoms with Crippen molar-refractivity contribution in [1.82, 2.24) is 14.8 Å². The summed E-state index contributed by atoms with van der Waals surface area (Å²) in [6.45, 7) is 7.55. The van der Waals surface area contributed by atoms with Crippen molar-refractivity contribution in [1.29, 1.82) is 0 Å². The number of nitrogens with one attached hydrogen (secondary N) is 1. The molecule has 0 aliphatic heterocycles. The molecule has 9 heteroatoms. The molecule has 1 aromatic carbocycles. The highest BCUT2D eigenvalue weighted by Gasteiger charge is 2.31. The molecule has 0 bridgehead atoms. The number of rotatable bonds is 5. The number of alkyl halides is 3. The lowest BCUT2D eigenvalue weighted by molar-refractivity contribution is -0.137. The van der Waals surface area contributed by atoms with Crippen LogP contribution in [0.5, 0.6) is 5.75 Å². The van der Waals surface area contributed by atoms with Gasteiger partial charge in [0.2, 0.25) is 0 Å². The van der Waals surface area contributed by atoms with Crippen LogP contribution in [0.15, 0.2) is 30.5 Å². The molecular weight excluding hydrogens is 385 g/mol. The van der Waals surface area contributed by atoms with Gasteiger partial charge in [-0.1, -0.05) is 0 Å². The number of aromatic nitrogens is 3. The van der Waals surface area contributed by atoms with Crippen molar-refractivity contribution in [3.8, 4) is 5.75 Å². The Balaban J connectivity index is 1.98. The average molecular weight is 406 g/mol. The Hall–Kier alpha value is -3.10. The zero-order valence-electron chi connectivity index (χ0n) is 16.5. The first kappa shape index (κ1) is 20.6. The maximum absolute atomic E-state index is 13.1. The molecule has 0 fully saturated rings. The molecule has 1 amide bonds. The number of fused-ring (bicyclic) bond motifs is 1. The predicted molar refractivity (Wildman–Crippen MR) is 103 cm³/mol. The minimum atomic E-state index is -4.54. The van der Waals surface area contributed by atoms with Gasteiger partial charge >= 0.3 is 6.18 Å². The molecule has 0 spiro atoms. The molecule has 6 nitrogen and oxygen atoms in total. The summed E-state index contributed by atoms with van der Waals surface area (Å²) in [5, 5.41) is 7.47. The number of hydrogen-bond acceptors (Lipinski definition) is 4. The summed E-state index contributed by atoms with van der Waals surface area (Å²) >= 11 is 0. The van der Waals surface area contributed by atoms with E-state index in [1.165, 1.54) is 6.07 Å². The largest absolute Gasteiger partial charge is 0.492 e. The minimum Gasteiger partial charge on any atom is -0.492 e. The van der Waals surface area contributed by atoms with Crippen LogP contribution in [0, 0.1) is 6.92 Å². The zero-order valence-corrected chi connectivity index (χ0v) is 16.5. The predicted octanol–water partition coefficient (Wildman–Crippen LogP) is 4.99. The van der Waals surface area contributed by atoms with Gasteiger partial charge in [-0.3, -0.25) is 4.79 Å². The number of anilines is 1. The number of nitrogens with zero attached hydrogens (tertiary/aromatic N) is 3. The van der Waals surface area contributed by atoms with Crippen LogP contribution in [0.25, 0.3) is 11.0 Å². The fourth-order valence-corrected chi connectivity index (χ4v) is 2.95. The van der Waals surface area contributed by atoms with Gasteiger partial charge in [0.05, 0.1) is 35.3 Å². The second kappa shape index (κ2) is 7.73. The van der Waals surface area contributed by atoms with Crippen molar-refractivity contribution in [3.05, 3.63) is 47.3 Å². The quantitative estimate of drug-likeness (QED) is 0.648. The summed E-state index contributed by atoms with van der Waals surface area (Å²) in [5.41, 5.74) is 0.412. The molecule has 2 aromatic heterocycles. The van der Waals surface area contributed by atoms with E-state index in [4.69, 9.17) is 4.74 Å². The maximum atomic E-state index is 13.1. The second-order valence-corrected chi connectivity index (χ2v) is 6.81. The summed E-state index contributed by atoms with van der Waals surface area (Å²) in [5.74, 6) is -0.414. The highest BCUT2D eigenvalue weighted by Crippen LogP contribution is 2.35. The van der Waals surface area contributed by atoms with Gasteiger partial charge in [-0.2, -0.15) is 18.3 Å². The topological polar surface area (TPSA) is 69.0 Å². The molecule has 0 aliphatic carbocycles. The van der Waals surface area contributed by atoms with Crippen LogP contribution in [0.2, 0.25) is 0 Å². The lowest BCUT2D eigenvalue weighted by Crippen LogP contribution is -2.16. The Kier molecular flexibility index (Phi) is 5.50. The van der Waals surface area contributed by atoms with E-state index in [1.54, 1.807) is 30.8 Å². The van der Waals surface area contributed by atoms with E-state index in [0.29, 0.717) is 16.7 Å². The Morgan fingerprint density at radius 3 is 2.62 bits per heavy atom. The average Bonchev–Trinajstić information content (AvgIpc) is 3.04. The molecule has 0 atom stereocenters. The number of amides is 1. The lowest BCUT2D eigenvalue weighted by Gasteiger charge is -2.15. The van der Waals surface area contributed by atoms with Gasteiger partial charge in [-0.15, -0.1) is 0 Å². The summed E-state index contributed by atoms with van der Waals surface area (Å²) in [4.78, 5) is 17.3. The molecule has 3 aromatic rings. The van der Waals surface area contributed by atoms with E-state index in [2.05, 4.69) is 15.4 Å². The summed E-state index contributed by atoms with van der Waals surface area (Å²) < 4.78 is 46.3. The number of pyridine rings is 1. The highest BCUT2D eigenvalue weighted by molar-refractivity contribution is 6.07. The van der Waals surface area contributed by atoms with E-state index in [1.807, 2.05) is 13.8 Å². The molecular formula is C20H21F3N4O2. The molecule has 0 radical (unpaired) electrons. The SMILES string of the molecule is CCOc1ccc(C(F)(F)F)cc1NC(=O)c1cc2cnn(C(C)C)c2nc1C. The van der Waals surface area contributed by atoms with Crippen LogP contribution in [0.4, 0.5) is 18.9 Å². The summed E-state index contributed by atoms with van der Waals surface area (Å²) in [6, 6.07) is 4.70. The van der Waals surface area contributed by atoms with Crippen LogP contribution in [0.3, 0.4) is 0 Å². The van der Waals surface area contributed by atoms with Crippen LogP contribution >= 0.6 is 0 Å². The molecule has 0 aliphatic rings. The molecule has 29 heavy (non-hydrogen) atoms. The van der Waals surface area contributed by atoms with Gasteiger partial charge < -0.3 is 10.1 Å². The Morgan fingerprint density at radius 1 is 1.28 bits per heavy atom. The van der Waals surface area contributed by atoms with Gasteiger partial charge in [-0.05, 0) is 52.0 Å². The van der Waals surface area contributed by atoms with Crippen molar-refractivity contribution in [3.63, 3.8) is 0 Å². The molecule has 3 rings (SSSR count). The monoisotopic (exact) mass is 406 g/mol. The Bertz CT molecular complexity index is 1060. The van der Waals surface area contributed by atoms with Gasteiger partial charge in [0.1, 0.15) is 5.75 Å². The number of ether oxygens (including phenoxy) is 1. The van der Waals surface area contributed by atoms with Gasteiger partial charge in [-0.25, -0.2) is 9.67 Å². The maximum Gasteiger partial charge on any atom is 0.416 e.